The number of hydrogen-bond acceptors (Lipinski definition) is 8. The van der Waals surface area contributed by atoms with Crippen LogP contribution in [0.4, 0.5) is 10.5 Å². The first-order valence-corrected chi connectivity index (χ1v) is 13.3. The second-order valence-corrected chi connectivity index (χ2v) is 9.81. The van der Waals surface area contributed by atoms with E-state index in [9.17, 15) is 19.2 Å². The highest BCUT2D eigenvalue weighted by Gasteiger charge is 2.36. The van der Waals surface area contributed by atoms with Crippen LogP contribution in [-0.4, -0.2) is 55.3 Å². The number of nitrogens with zero attached hydrogens (tertiary/aromatic N) is 1. The summed E-state index contributed by atoms with van der Waals surface area (Å²) in [7, 11) is 3.04. The number of anilines is 1. The first-order chi connectivity index (χ1) is 18.7. The average molecular weight is 573 g/mol. The van der Waals surface area contributed by atoms with Crippen molar-refractivity contribution in [3.63, 3.8) is 0 Å². The van der Waals surface area contributed by atoms with Gasteiger partial charge in [-0.25, -0.2) is 4.79 Å². The number of nitrogens with one attached hydrogen (secondary N) is 1. The summed E-state index contributed by atoms with van der Waals surface area (Å²) in [4.78, 5) is 51.6. The van der Waals surface area contributed by atoms with Gasteiger partial charge in [-0.2, -0.15) is 0 Å². The Morgan fingerprint density at radius 1 is 1.15 bits per heavy atom. The minimum atomic E-state index is -0.620. The summed E-state index contributed by atoms with van der Waals surface area (Å²) in [5.74, 6) is -0.800. The molecule has 39 heavy (non-hydrogen) atoms. The number of imide groups is 1. The lowest BCUT2D eigenvalue weighted by Gasteiger charge is -2.14. The van der Waals surface area contributed by atoms with Gasteiger partial charge in [0.15, 0.2) is 11.5 Å². The number of esters is 1. The molecular formula is C28H29ClN2O7S. The topological polar surface area (TPSA) is 111 Å². The van der Waals surface area contributed by atoms with E-state index in [2.05, 4.69) is 11.9 Å². The van der Waals surface area contributed by atoms with Gasteiger partial charge in [0.05, 0.1) is 36.3 Å². The molecule has 1 saturated heterocycles. The summed E-state index contributed by atoms with van der Waals surface area (Å²) in [6.07, 6.45) is 5.37. The molecule has 2 aromatic carbocycles. The summed E-state index contributed by atoms with van der Waals surface area (Å²) < 4.78 is 16.0. The molecule has 11 heteroatoms. The molecule has 1 heterocycles. The molecule has 1 aliphatic rings. The molecule has 206 valence electrons. The number of halogens is 1. The highest BCUT2D eigenvalue weighted by molar-refractivity contribution is 8.18. The SMILES string of the molecule is C=CCc1cc(/C=C2\SC(=O)N(CC(=O)Nc3ccc(Cl)c(C(=O)OCCCC)c3)C2=O)cc(OC)c1OC. The Morgan fingerprint density at radius 3 is 2.59 bits per heavy atom. The highest BCUT2D eigenvalue weighted by Crippen LogP contribution is 2.37. The van der Waals surface area contributed by atoms with E-state index in [1.54, 1.807) is 18.2 Å². The van der Waals surface area contributed by atoms with Crippen LogP contribution in [0.2, 0.25) is 5.02 Å². The van der Waals surface area contributed by atoms with Crippen LogP contribution in [0, 0.1) is 0 Å². The predicted octanol–water partition coefficient (Wildman–Crippen LogP) is 5.72. The van der Waals surface area contributed by atoms with Crippen LogP contribution >= 0.6 is 23.4 Å². The summed E-state index contributed by atoms with van der Waals surface area (Å²) >= 11 is 6.86. The van der Waals surface area contributed by atoms with Gasteiger partial charge in [0, 0.05) is 11.3 Å². The van der Waals surface area contributed by atoms with Crippen LogP contribution in [0.3, 0.4) is 0 Å². The van der Waals surface area contributed by atoms with Crippen LogP contribution in [0.15, 0.2) is 47.9 Å². The van der Waals surface area contributed by atoms with E-state index in [0.717, 1.165) is 28.6 Å². The molecule has 0 atom stereocenters. The van der Waals surface area contributed by atoms with Gasteiger partial charge in [0.2, 0.25) is 5.91 Å². The minimum Gasteiger partial charge on any atom is -0.493 e. The Bertz CT molecular complexity index is 1330. The first-order valence-electron chi connectivity index (χ1n) is 12.1. The monoisotopic (exact) mass is 572 g/mol. The highest BCUT2D eigenvalue weighted by atomic mass is 35.5. The standard InChI is InChI=1S/C28H29ClN2O7S/c1-5-7-11-38-27(34)20-15-19(9-10-21(20)29)30-24(32)16-31-26(33)23(39-28(31)35)14-17-12-18(8-6-2)25(37-4)22(13-17)36-3/h6,9-10,12-15H,2,5,7-8,11,16H2,1,3-4H3,(H,30,32)/b23-14-. The number of ether oxygens (including phenoxy) is 3. The molecule has 0 saturated carbocycles. The van der Waals surface area contributed by atoms with Gasteiger partial charge < -0.3 is 19.5 Å². The van der Waals surface area contributed by atoms with E-state index in [-0.39, 0.29) is 27.8 Å². The zero-order valence-electron chi connectivity index (χ0n) is 21.9. The Labute approximate surface area is 236 Å². The van der Waals surface area contributed by atoms with Crippen molar-refractivity contribution in [2.24, 2.45) is 0 Å². The molecule has 9 nitrogen and oxygen atoms in total. The number of amides is 3. The van der Waals surface area contributed by atoms with Crippen LogP contribution in [0.5, 0.6) is 11.5 Å². The number of methoxy groups -OCH3 is 2. The Kier molecular flexibility index (Phi) is 10.6. The number of benzene rings is 2. The van der Waals surface area contributed by atoms with Gasteiger partial charge in [-0.15, -0.1) is 6.58 Å². The van der Waals surface area contributed by atoms with Crippen molar-refractivity contribution in [1.82, 2.24) is 4.90 Å². The van der Waals surface area contributed by atoms with E-state index in [0.29, 0.717) is 29.9 Å². The number of carbonyl (C=O) groups is 4. The van der Waals surface area contributed by atoms with Gasteiger partial charge in [-0.05, 0) is 66.6 Å². The van der Waals surface area contributed by atoms with Crippen LogP contribution in [0.1, 0.15) is 41.3 Å². The molecule has 0 aliphatic carbocycles. The smallest absolute Gasteiger partial charge is 0.339 e. The fraction of sp³-hybridized carbons (Fsp3) is 0.286. The largest absolute Gasteiger partial charge is 0.493 e. The molecule has 3 amide bonds. The number of unbranched alkanes of at least 4 members (excludes halogenated alkanes) is 1. The molecule has 0 aromatic heterocycles. The maximum absolute atomic E-state index is 13.0. The third kappa shape index (κ3) is 7.42. The Hall–Kier alpha value is -3.76. The van der Waals surface area contributed by atoms with Crippen molar-refractivity contribution < 1.29 is 33.4 Å². The molecular weight excluding hydrogens is 544 g/mol. The quantitative estimate of drug-likeness (QED) is 0.149. The molecule has 0 radical (unpaired) electrons. The molecule has 0 unspecified atom stereocenters. The van der Waals surface area contributed by atoms with Crippen LogP contribution in [0.25, 0.3) is 6.08 Å². The van der Waals surface area contributed by atoms with Crippen molar-refractivity contribution in [3.05, 3.63) is 69.6 Å². The second kappa shape index (κ2) is 13.9. The molecule has 3 rings (SSSR count). The number of hydrogen-bond donors (Lipinski definition) is 1. The minimum absolute atomic E-state index is 0.102. The maximum Gasteiger partial charge on any atom is 0.339 e. The number of thioether (sulfide) groups is 1. The van der Waals surface area contributed by atoms with E-state index >= 15 is 0 Å². The van der Waals surface area contributed by atoms with Crippen molar-refractivity contribution in [2.75, 3.05) is 32.7 Å². The van der Waals surface area contributed by atoms with Crippen molar-refractivity contribution in [2.45, 2.75) is 26.2 Å². The van der Waals surface area contributed by atoms with E-state index < -0.39 is 29.6 Å². The van der Waals surface area contributed by atoms with Crippen molar-refractivity contribution >= 4 is 58.1 Å². The lowest BCUT2D eigenvalue weighted by atomic mass is 10.0. The molecule has 1 aliphatic heterocycles. The fourth-order valence-electron chi connectivity index (χ4n) is 3.74. The average Bonchev–Trinajstić information content (AvgIpc) is 3.16. The Morgan fingerprint density at radius 2 is 1.92 bits per heavy atom. The van der Waals surface area contributed by atoms with Gasteiger partial charge >= 0.3 is 5.97 Å². The Balaban J connectivity index is 1.73. The second-order valence-electron chi connectivity index (χ2n) is 8.41. The number of rotatable bonds is 12. The van der Waals surface area contributed by atoms with Gasteiger partial charge in [-0.1, -0.05) is 31.0 Å². The van der Waals surface area contributed by atoms with Gasteiger partial charge in [0.25, 0.3) is 11.1 Å². The van der Waals surface area contributed by atoms with Crippen molar-refractivity contribution in [1.29, 1.82) is 0 Å². The first kappa shape index (κ1) is 29.8. The lowest BCUT2D eigenvalue weighted by molar-refractivity contribution is -0.127. The zero-order valence-corrected chi connectivity index (χ0v) is 23.4. The molecule has 1 fully saturated rings. The predicted molar refractivity (Wildman–Crippen MR) is 151 cm³/mol. The third-order valence-electron chi connectivity index (χ3n) is 5.62. The van der Waals surface area contributed by atoms with Gasteiger partial charge in [-0.3, -0.25) is 19.3 Å². The molecule has 0 bridgehead atoms. The van der Waals surface area contributed by atoms with E-state index in [4.69, 9.17) is 25.8 Å². The van der Waals surface area contributed by atoms with E-state index in [1.807, 2.05) is 13.0 Å². The van der Waals surface area contributed by atoms with Crippen molar-refractivity contribution in [3.8, 4) is 11.5 Å². The lowest BCUT2D eigenvalue weighted by Crippen LogP contribution is -2.36. The number of allylic oxidation sites excluding steroid dienone is 1. The fourth-order valence-corrected chi connectivity index (χ4v) is 4.77. The number of carbonyl (C=O) groups excluding carboxylic acids is 4. The molecule has 0 spiro atoms. The maximum atomic E-state index is 13.0. The zero-order chi connectivity index (χ0) is 28.5. The third-order valence-corrected chi connectivity index (χ3v) is 6.85. The molecule has 1 N–H and O–H groups in total. The molecule has 2 aromatic rings. The van der Waals surface area contributed by atoms with Crippen LogP contribution < -0.4 is 14.8 Å². The van der Waals surface area contributed by atoms with Gasteiger partial charge in [0.1, 0.15) is 6.54 Å². The summed E-state index contributed by atoms with van der Waals surface area (Å²) in [5, 5.41) is 2.19. The van der Waals surface area contributed by atoms with E-state index in [1.165, 1.54) is 32.4 Å². The van der Waals surface area contributed by atoms with Crippen LogP contribution in [-0.2, 0) is 20.7 Å². The summed E-state index contributed by atoms with van der Waals surface area (Å²) in [5.41, 5.74) is 1.80. The summed E-state index contributed by atoms with van der Waals surface area (Å²) in [6.45, 7) is 5.48. The normalized spacial score (nSPS) is 13.9. The summed E-state index contributed by atoms with van der Waals surface area (Å²) in [6, 6.07) is 7.86.